The van der Waals surface area contributed by atoms with Crippen LogP contribution in [0.25, 0.3) is 0 Å². The van der Waals surface area contributed by atoms with Gasteiger partial charge in [0, 0.05) is 30.9 Å². The molecule has 0 unspecified atom stereocenters. The molecule has 0 bridgehead atoms. The Bertz CT molecular complexity index is 1250. The number of aryl methyl sites for hydroxylation is 3. The van der Waals surface area contributed by atoms with Gasteiger partial charge < -0.3 is 20.3 Å². The molecule has 3 aromatic rings. The normalized spacial score (nSPS) is 15.0. The van der Waals surface area contributed by atoms with Crippen molar-refractivity contribution in [3.05, 3.63) is 89.0 Å². The predicted molar refractivity (Wildman–Crippen MR) is 140 cm³/mol. The van der Waals surface area contributed by atoms with Gasteiger partial charge in [-0.15, -0.1) is 0 Å². The van der Waals surface area contributed by atoms with E-state index in [0.29, 0.717) is 24.5 Å². The van der Waals surface area contributed by atoms with Gasteiger partial charge in [0.1, 0.15) is 5.75 Å². The highest BCUT2D eigenvalue weighted by Gasteiger charge is 2.35. The van der Waals surface area contributed by atoms with E-state index in [4.69, 9.17) is 4.74 Å². The van der Waals surface area contributed by atoms with Crippen molar-refractivity contribution in [2.75, 3.05) is 23.4 Å². The molecule has 0 saturated carbocycles. The molecule has 0 aliphatic carbocycles. The van der Waals surface area contributed by atoms with Gasteiger partial charge in [-0.25, -0.2) is 0 Å². The number of nitrogens with one attached hydrogen (secondary N) is 2. The lowest BCUT2D eigenvalue weighted by Gasteiger charge is -2.17. The second-order valence-corrected chi connectivity index (χ2v) is 9.26. The summed E-state index contributed by atoms with van der Waals surface area (Å²) in [4.78, 5) is 39.1. The maximum absolute atomic E-state index is 12.6. The highest BCUT2D eigenvalue weighted by atomic mass is 16.5. The van der Waals surface area contributed by atoms with E-state index in [1.54, 1.807) is 29.2 Å². The molecule has 1 aliphatic heterocycles. The molecule has 1 atom stereocenters. The second-order valence-electron chi connectivity index (χ2n) is 9.26. The van der Waals surface area contributed by atoms with Crippen LogP contribution in [-0.4, -0.2) is 30.9 Å². The van der Waals surface area contributed by atoms with Gasteiger partial charge in [0.05, 0.1) is 5.92 Å². The standard InChI is InChI=1S/C29H31N3O4/c1-19-5-8-22(9-6-19)16-30-29(35)23-15-28(34)32(17-23)24-10-12-25(13-11-24)36-18-27(33)31-26-14-20(2)4-7-21(26)3/h4-14,23H,15-18H2,1-3H3,(H,30,35)(H,31,33)/t23-/m0/s1. The van der Waals surface area contributed by atoms with Crippen LogP contribution in [0.1, 0.15) is 28.7 Å². The van der Waals surface area contributed by atoms with Gasteiger partial charge in [-0.3, -0.25) is 14.4 Å². The van der Waals surface area contributed by atoms with Gasteiger partial charge in [0.2, 0.25) is 11.8 Å². The summed E-state index contributed by atoms with van der Waals surface area (Å²) in [6.07, 6.45) is 0.177. The molecule has 1 saturated heterocycles. The fourth-order valence-corrected chi connectivity index (χ4v) is 4.10. The smallest absolute Gasteiger partial charge is 0.262 e. The number of hydrogen-bond acceptors (Lipinski definition) is 4. The third-order valence-corrected chi connectivity index (χ3v) is 6.27. The first-order chi connectivity index (χ1) is 17.3. The van der Waals surface area contributed by atoms with Crippen molar-refractivity contribution in [3.8, 4) is 5.75 Å². The second kappa shape index (κ2) is 11.1. The van der Waals surface area contributed by atoms with Crippen LogP contribution < -0.4 is 20.3 Å². The number of hydrogen-bond donors (Lipinski definition) is 2. The van der Waals surface area contributed by atoms with Crippen LogP contribution >= 0.6 is 0 Å². The molecule has 1 aliphatic rings. The number of rotatable bonds is 8. The van der Waals surface area contributed by atoms with E-state index in [0.717, 1.165) is 22.4 Å². The number of carbonyl (C=O) groups is 3. The van der Waals surface area contributed by atoms with Crippen molar-refractivity contribution in [1.29, 1.82) is 0 Å². The molecule has 1 heterocycles. The number of ether oxygens (including phenoxy) is 1. The lowest BCUT2D eigenvalue weighted by Crippen LogP contribution is -2.32. The minimum Gasteiger partial charge on any atom is -0.484 e. The molecule has 186 valence electrons. The van der Waals surface area contributed by atoms with Crippen molar-refractivity contribution < 1.29 is 19.1 Å². The summed E-state index contributed by atoms with van der Waals surface area (Å²) in [6.45, 7) is 6.57. The molecule has 36 heavy (non-hydrogen) atoms. The Balaban J connectivity index is 1.27. The predicted octanol–water partition coefficient (Wildman–Crippen LogP) is 4.30. The van der Waals surface area contributed by atoms with Crippen molar-refractivity contribution in [2.45, 2.75) is 33.7 Å². The highest BCUT2D eigenvalue weighted by molar-refractivity contribution is 6.00. The van der Waals surface area contributed by atoms with E-state index in [9.17, 15) is 14.4 Å². The van der Waals surface area contributed by atoms with Crippen LogP contribution in [0.15, 0.2) is 66.7 Å². The lowest BCUT2D eigenvalue weighted by molar-refractivity contribution is -0.126. The molecule has 4 rings (SSSR count). The number of benzene rings is 3. The van der Waals surface area contributed by atoms with Gasteiger partial charge >= 0.3 is 0 Å². The van der Waals surface area contributed by atoms with Crippen LogP contribution in [-0.2, 0) is 20.9 Å². The average Bonchev–Trinajstić information content (AvgIpc) is 3.26. The summed E-state index contributed by atoms with van der Waals surface area (Å²) in [6, 6.07) is 20.8. The van der Waals surface area contributed by atoms with Gasteiger partial charge in [-0.1, -0.05) is 42.0 Å². The number of amides is 3. The Morgan fingerprint density at radius 1 is 0.944 bits per heavy atom. The third kappa shape index (κ3) is 6.30. The zero-order chi connectivity index (χ0) is 25.7. The minimum atomic E-state index is -0.396. The zero-order valence-electron chi connectivity index (χ0n) is 20.8. The monoisotopic (exact) mass is 485 g/mol. The fourth-order valence-electron chi connectivity index (χ4n) is 4.10. The van der Waals surface area contributed by atoms with E-state index < -0.39 is 5.92 Å². The summed E-state index contributed by atoms with van der Waals surface area (Å²) < 4.78 is 5.62. The first-order valence-electron chi connectivity index (χ1n) is 12.0. The van der Waals surface area contributed by atoms with Crippen molar-refractivity contribution >= 4 is 29.1 Å². The topological polar surface area (TPSA) is 87.7 Å². The van der Waals surface area contributed by atoms with Crippen LogP contribution in [0, 0.1) is 26.7 Å². The molecule has 0 radical (unpaired) electrons. The molecule has 0 spiro atoms. The van der Waals surface area contributed by atoms with Crippen molar-refractivity contribution in [2.24, 2.45) is 5.92 Å². The van der Waals surface area contributed by atoms with E-state index in [2.05, 4.69) is 10.6 Å². The summed E-state index contributed by atoms with van der Waals surface area (Å²) in [5.74, 6) is -0.336. The molecule has 2 N–H and O–H groups in total. The van der Waals surface area contributed by atoms with Crippen LogP contribution in [0.3, 0.4) is 0 Å². The van der Waals surface area contributed by atoms with Crippen LogP contribution in [0.4, 0.5) is 11.4 Å². The van der Waals surface area contributed by atoms with E-state index >= 15 is 0 Å². The SMILES string of the molecule is Cc1ccc(CNC(=O)[C@H]2CC(=O)N(c3ccc(OCC(=O)Nc4cc(C)ccc4C)cc3)C2)cc1. The Kier molecular flexibility index (Phi) is 7.68. The minimum absolute atomic E-state index is 0.0907. The summed E-state index contributed by atoms with van der Waals surface area (Å²) in [5.41, 5.74) is 5.70. The largest absolute Gasteiger partial charge is 0.484 e. The molecule has 1 fully saturated rings. The highest BCUT2D eigenvalue weighted by Crippen LogP contribution is 2.27. The first-order valence-corrected chi connectivity index (χ1v) is 12.0. The summed E-state index contributed by atoms with van der Waals surface area (Å²) >= 11 is 0. The molecular weight excluding hydrogens is 454 g/mol. The molecule has 0 aromatic heterocycles. The molecular formula is C29H31N3O4. The number of anilines is 2. The van der Waals surface area contributed by atoms with Gasteiger partial charge in [-0.05, 0) is 67.8 Å². The Hall–Kier alpha value is -4.13. The Morgan fingerprint density at radius 3 is 2.36 bits per heavy atom. The van der Waals surface area contributed by atoms with Crippen molar-refractivity contribution in [3.63, 3.8) is 0 Å². The van der Waals surface area contributed by atoms with E-state index in [1.807, 2.05) is 63.2 Å². The molecule has 7 nitrogen and oxygen atoms in total. The molecule has 3 aromatic carbocycles. The van der Waals surface area contributed by atoms with Gasteiger partial charge in [0.25, 0.3) is 5.91 Å². The van der Waals surface area contributed by atoms with Gasteiger partial charge in [0.15, 0.2) is 6.61 Å². The van der Waals surface area contributed by atoms with E-state index in [1.165, 1.54) is 5.56 Å². The van der Waals surface area contributed by atoms with Gasteiger partial charge in [-0.2, -0.15) is 0 Å². The third-order valence-electron chi connectivity index (χ3n) is 6.27. The maximum atomic E-state index is 12.6. The maximum Gasteiger partial charge on any atom is 0.262 e. The van der Waals surface area contributed by atoms with Crippen LogP contribution in [0.5, 0.6) is 5.75 Å². The zero-order valence-corrected chi connectivity index (χ0v) is 20.8. The fraction of sp³-hybridized carbons (Fsp3) is 0.276. The van der Waals surface area contributed by atoms with E-state index in [-0.39, 0.29) is 30.7 Å². The molecule has 3 amide bonds. The lowest BCUT2D eigenvalue weighted by atomic mass is 10.1. The van der Waals surface area contributed by atoms with Crippen LogP contribution in [0.2, 0.25) is 0 Å². The number of nitrogens with zero attached hydrogens (tertiary/aromatic N) is 1. The summed E-state index contributed by atoms with van der Waals surface area (Å²) in [5, 5.41) is 5.80. The quantitative estimate of drug-likeness (QED) is 0.498. The van der Waals surface area contributed by atoms with Crippen molar-refractivity contribution in [1.82, 2.24) is 5.32 Å². The number of carbonyl (C=O) groups excluding carboxylic acids is 3. The molecule has 7 heteroatoms. The summed E-state index contributed by atoms with van der Waals surface area (Å²) in [7, 11) is 0. The Labute approximate surface area is 211 Å². The first kappa shape index (κ1) is 25.0. The Morgan fingerprint density at radius 2 is 1.64 bits per heavy atom. The average molecular weight is 486 g/mol.